The second-order valence-electron chi connectivity index (χ2n) is 9.31. The molecule has 2 N–H and O–H groups in total. The van der Waals surface area contributed by atoms with Crippen molar-refractivity contribution in [1.29, 1.82) is 0 Å². The van der Waals surface area contributed by atoms with E-state index in [2.05, 4.69) is 18.2 Å². The van der Waals surface area contributed by atoms with Gasteiger partial charge in [0.15, 0.2) is 0 Å². The van der Waals surface area contributed by atoms with E-state index in [0.29, 0.717) is 51.5 Å². The third-order valence-electron chi connectivity index (χ3n) is 7.13. The van der Waals surface area contributed by atoms with Crippen LogP contribution < -0.4 is 4.74 Å². The summed E-state index contributed by atoms with van der Waals surface area (Å²) in [7, 11) is 0. The topological polar surface area (TPSA) is 90.3 Å². The Labute approximate surface area is 189 Å². The van der Waals surface area contributed by atoms with E-state index < -0.39 is 6.09 Å². The van der Waals surface area contributed by atoms with Gasteiger partial charge >= 0.3 is 6.09 Å². The molecule has 0 spiro atoms. The number of aliphatic hydroxyl groups is 1. The molecule has 1 aromatic carbocycles. The van der Waals surface area contributed by atoms with Crippen LogP contribution in [0.5, 0.6) is 5.75 Å². The number of carbonyl (C=O) groups excluding carboxylic acids is 1. The van der Waals surface area contributed by atoms with Crippen LogP contribution in [0.3, 0.4) is 0 Å². The highest BCUT2D eigenvalue weighted by molar-refractivity contribution is 5.81. The van der Waals surface area contributed by atoms with E-state index >= 15 is 0 Å². The quantitative estimate of drug-likeness (QED) is 0.727. The SMILES string of the molecule is O=C(O)N1CCC(COc2ccc(C3=CCC(C(=O)N4CCC(O)CC4)CC3)cc2)CC1. The summed E-state index contributed by atoms with van der Waals surface area (Å²) >= 11 is 0. The lowest BCUT2D eigenvalue weighted by molar-refractivity contribution is -0.137. The number of ether oxygens (including phenoxy) is 1. The van der Waals surface area contributed by atoms with Crippen molar-refractivity contribution >= 4 is 17.6 Å². The van der Waals surface area contributed by atoms with E-state index in [1.165, 1.54) is 16.0 Å². The zero-order valence-corrected chi connectivity index (χ0v) is 18.6. The Morgan fingerprint density at radius 3 is 2.19 bits per heavy atom. The molecule has 2 amide bonds. The van der Waals surface area contributed by atoms with E-state index in [0.717, 1.165) is 37.9 Å². The molecule has 174 valence electrons. The van der Waals surface area contributed by atoms with Crippen LogP contribution in [-0.2, 0) is 4.79 Å². The summed E-state index contributed by atoms with van der Waals surface area (Å²) in [4.78, 5) is 27.2. The first-order valence-electron chi connectivity index (χ1n) is 11.9. The fourth-order valence-electron chi connectivity index (χ4n) is 4.94. The summed E-state index contributed by atoms with van der Waals surface area (Å²) in [5, 5.41) is 18.7. The summed E-state index contributed by atoms with van der Waals surface area (Å²) in [6.07, 6.45) is 6.73. The molecule has 1 atom stereocenters. The maximum Gasteiger partial charge on any atom is 0.407 e. The minimum absolute atomic E-state index is 0.0594. The van der Waals surface area contributed by atoms with Gasteiger partial charge in [-0.1, -0.05) is 18.2 Å². The first kappa shape index (κ1) is 22.6. The molecule has 2 saturated heterocycles. The Kier molecular flexibility index (Phi) is 7.35. The minimum atomic E-state index is -0.834. The molecule has 2 fully saturated rings. The molecule has 32 heavy (non-hydrogen) atoms. The molecule has 0 saturated carbocycles. The van der Waals surface area contributed by atoms with Gasteiger partial charge in [0.25, 0.3) is 0 Å². The smallest absolute Gasteiger partial charge is 0.407 e. The largest absolute Gasteiger partial charge is 0.493 e. The number of aliphatic hydroxyl groups excluding tert-OH is 1. The van der Waals surface area contributed by atoms with Gasteiger partial charge in [-0.05, 0) is 74.1 Å². The molecule has 0 aromatic heterocycles. The number of rotatable bonds is 5. The number of piperidine rings is 2. The van der Waals surface area contributed by atoms with Gasteiger partial charge in [-0.15, -0.1) is 0 Å². The van der Waals surface area contributed by atoms with Crippen molar-refractivity contribution in [1.82, 2.24) is 9.80 Å². The highest BCUT2D eigenvalue weighted by Gasteiger charge is 2.29. The van der Waals surface area contributed by atoms with Crippen molar-refractivity contribution in [2.24, 2.45) is 11.8 Å². The van der Waals surface area contributed by atoms with Crippen LogP contribution in [-0.4, -0.2) is 70.9 Å². The molecule has 1 aromatic rings. The van der Waals surface area contributed by atoms with Crippen LogP contribution >= 0.6 is 0 Å². The van der Waals surface area contributed by atoms with Gasteiger partial charge < -0.3 is 24.7 Å². The van der Waals surface area contributed by atoms with Crippen LogP contribution in [0.2, 0.25) is 0 Å². The van der Waals surface area contributed by atoms with Gasteiger partial charge in [0.1, 0.15) is 5.75 Å². The van der Waals surface area contributed by atoms with Gasteiger partial charge in [-0.3, -0.25) is 4.79 Å². The number of benzene rings is 1. The number of carboxylic acid groups (broad SMARTS) is 1. The Morgan fingerprint density at radius 2 is 1.59 bits per heavy atom. The van der Waals surface area contributed by atoms with Crippen LogP contribution in [0.15, 0.2) is 30.3 Å². The fourth-order valence-corrected chi connectivity index (χ4v) is 4.94. The van der Waals surface area contributed by atoms with E-state index in [1.54, 1.807) is 0 Å². The predicted octanol–water partition coefficient (Wildman–Crippen LogP) is 3.62. The summed E-state index contributed by atoms with van der Waals surface area (Å²) in [6, 6.07) is 8.17. The number of carbonyl (C=O) groups is 2. The summed E-state index contributed by atoms with van der Waals surface area (Å²) in [5.41, 5.74) is 2.47. The van der Waals surface area contributed by atoms with Gasteiger partial charge in [0.2, 0.25) is 5.91 Å². The third kappa shape index (κ3) is 5.63. The first-order valence-corrected chi connectivity index (χ1v) is 11.9. The molecule has 0 bridgehead atoms. The molecule has 3 aliphatic rings. The summed E-state index contributed by atoms with van der Waals surface area (Å²) in [5.74, 6) is 1.53. The van der Waals surface area contributed by atoms with E-state index in [1.807, 2.05) is 17.0 Å². The lowest BCUT2D eigenvalue weighted by Crippen LogP contribution is -2.43. The van der Waals surface area contributed by atoms with Crippen LogP contribution in [0, 0.1) is 11.8 Å². The molecule has 2 heterocycles. The standard InChI is InChI=1S/C25H34N2O5/c28-22-11-15-26(16-12-22)24(29)21-3-1-19(2-4-21)20-5-7-23(8-6-20)32-17-18-9-13-27(14-10-18)25(30)31/h1,5-8,18,21-22,28H,2-4,9-17H2,(H,30,31). The van der Waals surface area contributed by atoms with E-state index in [9.17, 15) is 14.7 Å². The number of amides is 2. The van der Waals surface area contributed by atoms with Crippen molar-refractivity contribution in [2.45, 2.75) is 51.0 Å². The molecule has 2 aliphatic heterocycles. The zero-order valence-electron chi connectivity index (χ0n) is 18.6. The summed E-state index contributed by atoms with van der Waals surface area (Å²) in [6.45, 7) is 3.13. The summed E-state index contributed by atoms with van der Waals surface area (Å²) < 4.78 is 5.95. The van der Waals surface area contributed by atoms with Gasteiger partial charge in [0.05, 0.1) is 12.7 Å². The third-order valence-corrected chi connectivity index (χ3v) is 7.13. The van der Waals surface area contributed by atoms with Crippen LogP contribution in [0.1, 0.15) is 50.5 Å². The highest BCUT2D eigenvalue weighted by Crippen LogP contribution is 2.32. The van der Waals surface area contributed by atoms with Crippen molar-refractivity contribution < 1.29 is 24.5 Å². The molecule has 0 radical (unpaired) electrons. The molecule has 7 nitrogen and oxygen atoms in total. The molecule has 1 aliphatic carbocycles. The highest BCUT2D eigenvalue weighted by atomic mass is 16.5. The van der Waals surface area contributed by atoms with Crippen LogP contribution in [0.4, 0.5) is 4.79 Å². The second kappa shape index (κ2) is 10.4. The van der Waals surface area contributed by atoms with E-state index in [-0.39, 0.29) is 17.9 Å². The molecule has 4 rings (SSSR count). The van der Waals surface area contributed by atoms with Crippen molar-refractivity contribution in [2.75, 3.05) is 32.8 Å². The normalized spacial score (nSPS) is 23.0. The predicted molar refractivity (Wildman–Crippen MR) is 121 cm³/mol. The average molecular weight is 443 g/mol. The van der Waals surface area contributed by atoms with Crippen molar-refractivity contribution in [3.05, 3.63) is 35.9 Å². The lowest BCUT2D eigenvalue weighted by Gasteiger charge is -2.33. The first-order chi connectivity index (χ1) is 15.5. The molecule has 7 heteroatoms. The Hall–Kier alpha value is -2.54. The number of likely N-dealkylation sites (tertiary alicyclic amines) is 2. The van der Waals surface area contributed by atoms with Crippen molar-refractivity contribution in [3.8, 4) is 5.75 Å². The zero-order chi connectivity index (χ0) is 22.5. The van der Waals surface area contributed by atoms with Crippen LogP contribution in [0.25, 0.3) is 5.57 Å². The minimum Gasteiger partial charge on any atom is -0.493 e. The monoisotopic (exact) mass is 442 g/mol. The molecular formula is C25H34N2O5. The molecule has 1 unspecified atom stereocenters. The van der Waals surface area contributed by atoms with Crippen molar-refractivity contribution in [3.63, 3.8) is 0 Å². The van der Waals surface area contributed by atoms with Gasteiger partial charge in [0, 0.05) is 32.1 Å². The second-order valence-corrected chi connectivity index (χ2v) is 9.31. The number of nitrogens with zero attached hydrogens (tertiary/aromatic N) is 2. The van der Waals surface area contributed by atoms with Gasteiger partial charge in [-0.2, -0.15) is 0 Å². The average Bonchev–Trinajstić information content (AvgIpc) is 2.83. The Morgan fingerprint density at radius 1 is 0.938 bits per heavy atom. The number of hydrogen-bond acceptors (Lipinski definition) is 4. The fraction of sp³-hybridized carbons (Fsp3) is 0.600. The maximum atomic E-state index is 12.8. The number of allylic oxidation sites excluding steroid dienone is 2. The van der Waals surface area contributed by atoms with E-state index in [4.69, 9.17) is 9.84 Å². The number of hydrogen-bond donors (Lipinski definition) is 2. The molecular weight excluding hydrogens is 408 g/mol. The Bertz CT molecular complexity index is 821. The lowest BCUT2D eigenvalue weighted by atomic mass is 9.85. The Balaban J connectivity index is 1.24. The maximum absolute atomic E-state index is 12.8. The van der Waals surface area contributed by atoms with Gasteiger partial charge in [-0.25, -0.2) is 4.79 Å².